The maximum atomic E-state index is 11.9. The standard InChI is InChI=1S/C26H21N2O2P.C2H6.S2/c1-17(29)23-5-3-2-4-18(23)10-12-25-13-11-20-14-24-19(15-26(20,25)30-25)16-27-28(24)21-6-8-22(31)9-7-21;2*1-2/h2-9,14,16H,11,13,15,31H2,1H3;1-2H3;. The van der Waals surface area contributed by atoms with Gasteiger partial charge in [-0.15, -0.1) is 9.24 Å². The van der Waals surface area contributed by atoms with Gasteiger partial charge in [-0.1, -0.05) is 56.0 Å². The number of ether oxygens (including phenoxy) is 1. The summed E-state index contributed by atoms with van der Waals surface area (Å²) in [5.41, 5.74) is 5.33. The Kier molecular flexibility index (Phi) is 7.45. The minimum absolute atomic E-state index is 0.0326. The van der Waals surface area contributed by atoms with Crippen molar-refractivity contribution in [2.24, 2.45) is 0 Å². The molecule has 35 heavy (non-hydrogen) atoms. The smallest absolute Gasteiger partial charge is 0.163 e. The quantitative estimate of drug-likeness (QED) is 0.209. The Labute approximate surface area is 219 Å². The molecule has 7 heteroatoms. The van der Waals surface area contributed by atoms with E-state index in [1.165, 1.54) is 11.1 Å². The topological polar surface area (TPSA) is 47.4 Å². The maximum absolute atomic E-state index is 11.9. The van der Waals surface area contributed by atoms with Crippen molar-refractivity contribution in [3.8, 4) is 17.5 Å². The summed E-state index contributed by atoms with van der Waals surface area (Å²) in [6.45, 7) is 5.58. The van der Waals surface area contributed by atoms with Gasteiger partial charge < -0.3 is 4.74 Å². The van der Waals surface area contributed by atoms with Crippen molar-refractivity contribution in [1.82, 2.24) is 9.78 Å². The van der Waals surface area contributed by atoms with E-state index in [9.17, 15) is 4.79 Å². The highest BCUT2D eigenvalue weighted by Crippen LogP contribution is 2.65. The third-order valence-electron chi connectivity index (χ3n) is 6.70. The summed E-state index contributed by atoms with van der Waals surface area (Å²) in [6.07, 6.45) is 6.85. The van der Waals surface area contributed by atoms with Gasteiger partial charge in [0.25, 0.3) is 0 Å². The lowest BCUT2D eigenvalue weighted by Crippen LogP contribution is -2.25. The number of Topliss-reactive ketones (excluding diaryl/α,β-unsaturated/α-hetero) is 1. The number of fused-ring (bicyclic) bond motifs is 1. The number of ketones is 1. The zero-order chi connectivity index (χ0) is 25.2. The molecule has 0 N–H and O–H groups in total. The molecule has 2 aromatic carbocycles. The zero-order valence-corrected chi connectivity index (χ0v) is 22.8. The van der Waals surface area contributed by atoms with Crippen LogP contribution in [0.1, 0.15) is 60.8 Å². The summed E-state index contributed by atoms with van der Waals surface area (Å²) in [7, 11) is 2.71. The Balaban J connectivity index is 0.000000689. The number of aromatic nitrogens is 2. The van der Waals surface area contributed by atoms with Crippen LogP contribution < -0.4 is 5.30 Å². The van der Waals surface area contributed by atoms with Crippen LogP contribution in [0, 0.1) is 11.8 Å². The van der Waals surface area contributed by atoms with Crippen molar-refractivity contribution in [1.29, 1.82) is 0 Å². The van der Waals surface area contributed by atoms with Gasteiger partial charge in [-0.2, -0.15) is 5.10 Å². The molecule has 1 aromatic heterocycles. The molecular weight excluding hydrogens is 491 g/mol. The van der Waals surface area contributed by atoms with Crippen LogP contribution in [0.15, 0.2) is 60.3 Å². The summed E-state index contributed by atoms with van der Waals surface area (Å²) < 4.78 is 8.39. The molecule has 2 fully saturated rings. The van der Waals surface area contributed by atoms with Crippen LogP contribution >= 0.6 is 9.24 Å². The minimum atomic E-state index is -0.455. The van der Waals surface area contributed by atoms with Gasteiger partial charge >= 0.3 is 0 Å². The first-order valence-corrected chi connectivity index (χ1v) is 13.6. The normalized spacial score (nSPS) is 22.3. The van der Waals surface area contributed by atoms with E-state index in [-0.39, 0.29) is 11.4 Å². The highest BCUT2D eigenvalue weighted by Gasteiger charge is 2.75. The molecule has 2 heterocycles. The number of nitrogens with zero attached hydrogens (tertiary/aromatic N) is 2. The molecule has 4 nitrogen and oxygen atoms in total. The lowest BCUT2D eigenvalue weighted by Gasteiger charge is -2.19. The summed E-state index contributed by atoms with van der Waals surface area (Å²) in [5, 5.41) is 5.81. The SMILES string of the molecule is CC.CC(=O)c1ccccc1C#CC12CCC3=Cc4c(cnn4-c4ccc(P)cc4)CC31O2.S=S. The number of benzene rings is 2. The molecule has 3 aliphatic rings. The van der Waals surface area contributed by atoms with Crippen molar-refractivity contribution >= 4 is 48.8 Å². The van der Waals surface area contributed by atoms with Crippen LogP contribution in [0.2, 0.25) is 0 Å². The molecule has 1 aliphatic heterocycles. The molecule has 6 rings (SSSR count). The molecule has 2 aliphatic carbocycles. The van der Waals surface area contributed by atoms with Crippen LogP contribution in [-0.2, 0) is 33.5 Å². The highest BCUT2D eigenvalue weighted by atomic mass is 32.8. The third-order valence-corrected chi connectivity index (χ3v) is 7.09. The van der Waals surface area contributed by atoms with Crippen molar-refractivity contribution in [2.75, 3.05) is 0 Å². The molecule has 178 valence electrons. The van der Waals surface area contributed by atoms with E-state index in [0.717, 1.165) is 41.5 Å². The summed E-state index contributed by atoms with van der Waals surface area (Å²) >= 11 is 7.33. The lowest BCUT2D eigenvalue weighted by molar-refractivity contribution is 0.101. The van der Waals surface area contributed by atoms with Gasteiger partial charge in [0.15, 0.2) is 11.4 Å². The van der Waals surface area contributed by atoms with E-state index in [1.54, 1.807) is 6.92 Å². The second-order valence-electron chi connectivity index (χ2n) is 8.51. The van der Waals surface area contributed by atoms with Gasteiger partial charge in [0, 0.05) is 45.5 Å². The number of carbonyl (C=O) groups is 1. The van der Waals surface area contributed by atoms with Crippen LogP contribution in [0.5, 0.6) is 0 Å². The first-order valence-electron chi connectivity index (χ1n) is 11.7. The average molecular weight is 519 g/mol. The van der Waals surface area contributed by atoms with Gasteiger partial charge in [-0.05, 0) is 54.9 Å². The zero-order valence-electron chi connectivity index (χ0n) is 20.0. The average Bonchev–Trinajstić information content (AvgIpc) is 3.16. The van der Waals surface area contributed by atoms with Crippen molar-refractivity contribution in [3.63, 3.8) is 0 Å². The van der Waals surface area contributed by atoms with E-state index in [1.807, 2.05) is 49.0 Å². The largest absolute Gasteiger partial charge is 0.344 e. The van der Waals surface area contributed by atoms with Gasteiger partial charge in [0.2, 0.25) is 0 Å². The maximum Gasteiger partial charge on any atom is 0.163 e. The third kappa shape index (κ3) is 4.32. The number of epoxide rings is 1. The monoisotopic (exact) mass is 518 g/mol. The molecule has 1 spiro atoms. The van der Waals surface area contributed by atoms with Crippen LogP contribution in [0.4, 0.5) is 0 Å². The van der Waals surface area contributed by atoms with Gasteiger partial charge in [-0.3, -0.25) is 4.79 Å². The Morgan fingerprint density at radius 1 is 1.14 bits per heavy atom. The lowest BCUT2D eigenvalue weighted by atomic mass is 9.83. The molecular formula is C28H27N2O2PS2. The van der Waals surface area contributed by atoms with E-state index in [4.69, 9.17) is 4.74 Å². The van der Waals surface area contributed by atoms with Crippen molar-refractivity contribution < 1.29 is 9.53 Å². The first kappa shape index (κ1) is 25.5. The molecule has 1 saturated carbocycles. The van der Waals surface area contributed by atoms with Crippen molar-refractivity contribution in [2.45, 2.75) is 51.2 Å². The molecule has 0 amide bonds. The fourth-order valence-electron chi connectivity index (χ4n) is 5.04. The second-order valence-corrected chi connectivity index (χ2v) is 9.18. The summed E-state index contributed by atoms with van der Waals surface area (Å²) in [5.74, 6) is 6.71. The fourth-order valence-corrected chi connectivity index (χ4v) is 5.23. The summed E-state index contributed by atoms with van der Waals surface area (Å²) in [4.78, 5) is 11.9. The number of hydrogen-bond donors (Lipinski definition) is 0. The molecule has 0 radical (unpaired) electrons. The molecule has 1 saturated heterocycles. The first-order chi connectivity index (χ1) is 17.0. The van der Waals surface area contributed by atoms with E-state index in [2.05, 4.69) is 78.9 Å². The van der Waals surface area contributed by atoms with Gasteiger partial charge in [0.05, 0.1) is 17.6 Å². The Morgan fingerprint density at radius 2 is 1.86 bits per heavy atom. The minimum Gasteiger partial charge on any atom is -0.344 e. The van der Waals surface area contributed by atoms with Crippen molar-refractivity contribution in [3.05, 3.63) is 82.7 Å². The fraction of sp³-hybridized carbons (Fsp3) is 0.286. The molecule has 3 atom stereocenters. The summed E-state index contributed by atoms with van der Waals surface area (Å²) in [6, 6.07) is 15.9. The van der Waals surface area contributed by atoms with Crippen LogP contribution in [0.25, 0.3) is 11.8 Å². The number of carbonyl (C=O) groups excluding carboxylic acids is 1. The molecule has 3 aromatic rings. The predicted octanol–water partition coefficient (Wildman–Crippen LogP) is 4.89. The van der Waals surface area contributed by atoms with Gasteiger partial charge in [-0.25, -0.2) is 4.68 Å². The molecule has 3 unspecified atom stereocenters. The Morgan fingerprint density at radius 3 is 2.57 bits per heavy atom. The van der Waals surface area contributed by atoms with E-state index < -0.39 is 5.60 Å². The van der Waals surface area contributed by atoms with Crippen LogP contribution in [-0.4, -0.2) is 26.8 Å². The predicted molar refractivity (Wildman–Crippen MR) is 150 cm³/mol. The van der Waals surface area contributed by atoms with Gasteiger partial charge in [0.1, 0.15) is 5.60 Å². The molecule has 0 bridgehead atoms. The highest BCUT2D eigenvalue weighted by molar-refractivity contribution is 8.07. The van der Waals surface area contributed by atoms with Crippen LogP contribution in [0.3, 0.4) is 0 Å². The second kappa shape index (κ2) is 10.2. The van der Waals surface area contributed by atoms with E-state index >= 15 is 0 Å². The number of rotatable bonds is 2. The van der Waals surface area contributed by atoms with E-state index in [0.29, 0.717) is 5.56 Å². The number of hydrogen-bond acceptors (Lipinski definition) is 5. The Hall–Kier alpha value is -2.55. The Bertz CT molecular complexity index is 1370.